The molecule has 0 fully saturated rings. The molecule has 0 amide bonds. The van der Waals surface area contributed by atoms with Gasteiger partial charge in [0.25, 0.3) is 11.4 Å². The molecule has 27 heavy (non-hydrogen) atoms. The van der Waals surface area contributed by atoms with E-state index in [1.807, 2.05) is 0 Å². The second-order valence-corrected chi connectivity index (χ2v) is 6.45. The van der Waals surface area contributed by atoms with Gasteiger partial charge in [0.1, 0.15) is 5.02 Å². The van der Waals surface area contributed by atoms with E-state index in [4.69, 9.17) is 11.6 Å². The van der Waals surface area contributed by atoms with Crippen LogP contribution in [0.4, 0.5) is 16.5 Å². The number of hydrogen-bond acceptors (Lipinski definition) is 8. The Morgan fingerprint density at radius 2 is 1.96 bits per heavy atom. The highest BCUT2D eigenvalue weighted by Gasteiger charge is 2.12. The zero-order valence-electron chi connectivity index (χ0n) is 13.4. The van der Waals surface area contributed by atoms with Crippen LogP contribution in [-0.2, 0) is 0 Å². The number of nitro groups is 2. The van der Waals surface area contributed by atoms with Crippen molar-refractivity contribution in [1.29, 1.82) is 0 Å². The minimum Gasteiger partial charge on any atom is -0.258 e. The van der Waals surface area contributed by atoms with E-state index in [9.17, 15) is 20.2 Å². The van der Waals surface area contributed by atoms with Crippen LogP contribution in [0.5, 0.6) is 0 Å². The Bertz CT molecular complexity index is 1050. The number of halogens is 1. The molecule has 0 aliphatic rings. The molecular formula is C16H10ClN5O4S. The van der Waals surface area contributed by atoms with Crippen LogP contribution in [0.15, 0.2) is 52.9 Å². The van der Waals surface area contributed by atoms with E-state index in [0.717, 1.165) is 0 Å². The van der Waals surface area contributed by atoms with Gasteiger partial charge >= 0.3 is 0 Å². The largest absolute Gasteiger partial charge is 0.288 e. The van der Waals surface area contributed by atoms with Crippen LogP contribution < -0.4 is 5.43 Å². The molecule has 0 aliphatic carbocycles. The first-order chi connectivity index (χ1) is 12.9. The second-order valence-electron chi connectivity index (χ2n) is 5.18. The Hall–Kier alpha value is -3.37. The monoisotopic (exact) mass is 403 g/mol. The molecule has 0 aliphatic heterocycles. The van der Waals surface area contributed by atoms with Crippen molar-refractivity contribution in [2.24, 2.45) is 5.10 Å². The van der Waals surface area contributed by atoms with Crippen molar-refractivity contribution in [2.75, 3.05) is 5.43 Å². The van der Waals surface area contributed by atoms with E-state index in [1.54, 1.807) is 23.6 Å². The number of benzene rings is 2. The van der Waals surface area contributed by atoms with Crippen LogP contribution >= 0.6 is 22.9 Å². The first-order valence-corrected chi connectivity index (χ1v) is 8.63. The molecule has 0 bridgehead atoms. The van der Waals surface area contributed by atoms with Crippen LogP contribution in [0.1, 0.15) is 5.56 Å². The summed E-state index contributed by atoms with van der Waals surface area (Å²) < 4.78 is 0. The highest BCUT2D eigenvalue weighted by molar-refractivity contribution is 7.14. The lowest BCUT2D eigenvalue weighted by Gasteiger charge is -1.98. The lowest BCUT2D eigenvalue weighted by molar-refractivity contribution is -0.384. The molecule has 1 heterocycles. The Kier molecular flexibility index (Phi) is 5.38. The molecule has 0 spiro atoms. The standard InChI is InChI=1S/C16H10ClN5O4S/c17-13-5-4-10(6-15(13)22(25)26)8-18-20-16-19-14(9-27-16)11-2-1-3-12(7-11)21(23)24/h1-9H,(H,19,20)/b18-8+. The van der Waals surface area contributed by atoms with Gasteiger partial charge in [0.15, 0.2) is 0 Å². The fraction of sp³-hybridized carbons (Fsp3) is 0. The summed E-state index contributed by atoms with van der Waals surface area (Å²) in [5, 5.41) is 28.0. The number of thiazole rings is 1. The third-order valence-corrected chi connectivity index (χ3v) is 4.46. The van der Waals surface area contributed by atoms with Gasteiger partial charge in [-0.1, -0.05) is 29.8 Å². The fourth-order valence-corrected chi connectivity index (χ4v) is 3.00. The maximum Gasteiger partial charge on any atom is 0.288 e. The van der Waals surface area contributed by atoms with Crippen molar-refractivity contribution in [3.8, 4) is 11.3 Å². The molecule has 0 saturated heterocycles. The molecular weight excluding hydrogens is 394 g/mol. The van der Waals surface area contributed by atoms with E-state index in [1.165, 1.54) is 41.8 Å². The molecule has 1 N–H and O–H groups in total. The molecule has 0 saturated carbocycles. The van der Waals surface area contributed by atoms with Gasteiger partial charge in [0.05, 0.1) is 21.8 Å². The highest BCUT2D eigenvalue weighted by Crippen LogP contribution is 2.27. The van der Waals surface area contributed by atoms with Gasteiger partial charge < -0.3 is 0 Å². The molecule has 136 valence electrons. The summed E-state index contributed by atoms with van der Waals surface area (Å²) in [7, 11) is 0. The molecule has 2 aromatic carbocycles. The Morgan fingerprint density at radius 1 is 1.15 bits per heavy atom. The van der Waals surface area contributed by atoms with Crippen LogP contribution in [0.25, 0.3) is 11.3 Å². The van der Waals surface area contributed by atoms with Crippen molar-refractivity contribution in [3.05, 3.63) is 78.7 Å². The Labute approximate surface area is 161 Å². The third kappa shape index (κ3) is 4.43. The van der Waals surface area contributed by atoms with E-state index < -0.39 is 9.85 Å². The summed E-state index contributed by atoms with van der Waals surface area (Å²) in [6, 6.07) is 10.5. The van der Waals surface area contributed by atoms with Gasteiger partial charge in [0.2, 0.25) is 5.13 Å². The zero-order valence-corrected chi connectivity index (χ0v) is 15.0. The number of hydrazone groups is 1. The van der Waals surface area contributed by atoms with Crippen molar-refractivity contribution in [1.82, 2.24) is 4.98 Å². The molecule has 9 nitrogen and oxygen atoms in total. The van der Waals surface area contributed by atoms with Crippen molar-refractivity contribution >= 4 is 45.7 Å². The molecule has 0 radical (unpaired) electrons. The number of nitro benzene ring substituents is 2. The van der Waals surface area contributed by atoms with Gasteiger partial charge in [-0.25, -0.2) is 4.98 Å². The summed E-state index contributed by atoms with van der Waals surface area (Å²) in [4.78, 5) is 25.0. The lowest BCUT2D eigenvalue weighted by atomic mass is 10.1. The van der Waals surface area contributed by atoms with Gasteiger partial charge in [-0.15, -0.1) is 11.3 Å². The number of hydrogen-bond donors (Lipinski definition) is 1. The first-order valence-electron chi connectivity index (χ1n) is 7.37. The lowest BCUT2D eigenvalue weighted by Crippen LogP contribution is -1.93. The molecule has 3 aromatic rings. The molecule has 1 aromatic heterocycles. The van der Waals surface area contributed by atoms with Crippen LogP contribution in [0, 0.1) is 20.2 Å². The number of nitrogens with one attached hydrogen (secondary N) is 1. The predicted molar refractivity (Wildman–Crippen MR) is 104 cm³/mol. The van der Waals surface area contributed by atoms with Crippen LogP contribution in [0.2, 0.25) is 5.02 Å². The Balaban J connectivity index is 1.72. The molecule has 3 rings (SSSR count). The predicted octanol–water partition coefficient (Wildman–Crippen LogP) is 4.73. The topological polar surface area (TPSA) is 124 Å². The summed E-state index contributed by atoms with van der Waals surface area (Å²) >= 11 is 7.03. The number of nitrogens with zero attached hydrogens (tertiary/aromatic N) is 4. The SMILES string of the molecule is O=[N+]([O-])c1cccc(-c2csc(N/N=C/c3ccc(Cl)c([N+](=O)[O-])c3)n2)c1. The number of aromatic nitrogens is 1. The number of non-ortho nitro benzene ring substituents is 1. The average Bonchev–Trinajstić information content (AvgIpc) is 3.12. The summed E-state index contributed by atoms with van der Waals surface area (Å²) in [5.74, 6) is 0. The van der Waals surface area contributed by atoms with E-state index in [-0.39, 0.29) is 16.4 Å². The van der Waals surface area contributed by atoms with Gasteiger partial charge in [-0.2, -0.15) is 5.10 Å². The van der Waals surface area contributed by atoms with E-state index in [2.05, 4.69) is 15.5 Å². The van der Waals surface area contributed by atoms with Crippen LogP contribution in [-0.4, -0.2) is 21.0 Å². The third-order valence-electron chi connectivity index (χ3n) is 3.40. The summed E-state index contributed by atoms with van der Waals surface area (Å²) in [6.45, 7) is 0. The summed E-state index contributed by atoms with van der Waals surface area (Å²) in [6.07, 6.45) is 1.40. The van der Waals surface area contributed by atoms with E-state index >= 15 is 0 Å². The molecule has 0 atom stereocenters. The number of rotatable bonds is 6. The number of anilines is 1. The van der Waals surface area contributed by atoms with Gasteiger partial charge in [-0.3, -0.25) is 25.7 Å². The van der Waals surface area contributed by atoms with Gasteiger partial charge in [-0.05, 0) is 6.07 Å². The van der Waals surface area contributed by atoms with Gasteiger partial charge in [0, 0.05) is 34.7 Å². The average molecular weight is 404 g/mol. The second kappa shape index (κ2) is 7.89. The summed E-state index contributed by atoms with van der Waals surface area (Å²) in [5.41, 5.74) is 4.19. The molecule has 0 unspecified atom stereocenters. The maximum absolute atomic E-state index is 10.9. The maximum atomic E-state index is 10.9. The first kappa shape index (κ1) is 18.4. The van der Waals surface area contributed by atoms with E-state index in [0.29, 0.717) is 22.0 Å². The zero-order chi connectivity index (χ0) is 19.4. The van der Waals surface area contributed by atoms with Crippen molar-refractivity contribution < 1.29 is 9.85 Å². The quantitative estimate of drug-likeness (QED) is 0.360. The molecule has 11 heteroatoms. The smallest absolute Gasteiger partial charge is 0.258 e. The minimum absolute atomic E-state index is 0.0163. The normalized spacial score (nSPS) is 10.9. The highest BCUT2D eigenvalue weighted by atomic mass is 35.5. The van der Waals surface area contributed by atoms with Crippen LogP contribution in [0.3, 0.4) is 0 Å². The fourth-order valence-electron chi connectivity index (χ4n) is 2.15. The minimum atomic E-state index is -0.570. The Morgan fingerprint density at radius 3 is 2.70 bits per heavy atom. The van der Waals surface area contributed by atoms with Crippen molar-refractivity contribution in [2.45, 2.75) is 0 Å². The van der Waals surface area contributed by atoms with Crippen molar-refractivity contribution in [3.63, 3.8) is 0 Å².